The molecule has 4 aromatic rings. The molecule has 3 aromatic carbocycles. The van der Waals surface area contributed by atoms with Gasteiger partial charge in [0, 0.05) is 23.9 Å². The van der Waals surface area contributed by atoms with E-state index in [1.165, 1.54) is 0 Å². The summed E-state index contributed by atoms with van der Waals surface area (Å²) in [6.45, 7) is 5.70. The van der Waals surface area contributed by atoms with Crippen molar-refractivity contribution in [2.75, 3.05) is 30.0 Å². The summed E-state index contributed by atoms with van der Waals surface area (Å²) in [5, 5.41) is 3.22. The molecular weight excluding hydrogens is 572 g/mol. The zero-order valence-electron chi connectivity index (χ0n) is 22.7. The van der Waals surface area contributed by atoms with E-state index in [-0.39, 0.29) is 6.04 Å². The van der Waals surface area contributed by atoms with Crippen LogP contribution in [0.15, 0.2) is 102 Å². The van der Waals surface area contributed by atoms with E-state index >= 15 is 0 Å². The van der Waals surface area contributed by atoms with Crippen LogP contribution in [0.2, 0.25) is 5.02 Å². The summed E-state index contributed by atoms with van der Waals surface area (Å²) in [5.74, 6) is 1.67. The monoisotopic (exact) mass is 600 g/mol. The number of rotatable bonds is 8. The number of morpholine rings is 1. The Hall–Kier alpha value is -4.05. The first kappa shape index (κ1) is 28.1. The Morgan fingerprint density at radius 2 is 1.81 bits per heavy atom. The van der Waals surface area contributed by atoms with Crippen molar-refractivity contribution in [3.63, 3.8) is 0 Å². The lowest BCUT2D eigenvalue weighted by Crippen LogP contribution is -2.45. The lowest BCUT2D eigenvalue weighted by molar-refractivity contribution is 0.105. The third-order valence-corrected chi connectivity index (χ3v) is 9.87. The standard InChI is InChI=1S/C32H29ClN4O4S/c1-2-24-21-40-19-18-37(24)29-20-28(32(16-17-32)42(39)27-11-7-6-10-26(27)33)35-30(36-29)22-12-14-23(15-13-22)34-31(38)41-25-8-4-3-5-9-25/h2-15,20,24H,1,16-19,21H2,(H,34,38)/t24-,42?/m0/s1. The molecule has 214 valence electrons. The molecule has 1 saturated carbocycles. The highest BCUT2D eigenvalue weighted by Crippen LogP contribution is 2.54. The quantitative estimate of drug-likeness (QED) is 0.228. The van der Waals surface area contributed by atoms with Crippen LogP contribution in [0.5, 0.6) is 5.75 Å². The fourth-order valence-electron chi connectivity index (χ4n) is 4.94. The van der Waals surface area contributed by atoms with Crippen LogP contribution in [-0.2, 0) is 20.3 Å². The van der Waals surface area contributed by atoms with Crippen LogP contribution in [-0.4, -0.2) is 46.1 Å². The molecule has 0 spiro atoms. The van der Waals surface area contributed by atoms with E-state index in [0.29, 0.717) is 52.6 Å². The number of aromatic nitrogens is 2. The minimum Gasteiger partial charge on any atom is -0.410 e. The van der Waals surface area contributed by atoms with Gasteiger partial charge in [0.15, 0.2) is 5.82 Å². The number of hydrogen-bond acceptors (Lipinski definition) is 7. The number of amides is 1. The van der Waals surface area contributed by atoms with Gasteiger partial charge in [-0.25, -0.2) is 14.8 Å². The van der Waals surface area contributed by atoms with Gasteiger partial charge in [-0.3, -0.25) is 9.53 Å². The lowest BCUT2D eigenvalue weighted by atomic mass is 10.1. The van der Waals surface area contributed by atoms with Crippen LogP contribution in [0.4, 0.5) is 16.3 Å². The van der Waals surface area contributed by atoms with Gasteiger partial charge in [0.2, 0.25) is 0 Å². The maximum absolute atomic E-state index is 13.9. The SMILES string of the molecule is C=C[C@H]1COCCN1c1cc(C2(S(=O)c3ccccc3Cl)CC2)nc(-c2ccc(NC(=O)Oc3ccccc3)cc2)n1. The molecule has 0 radical (unpaired) electrons. The maximum atomic E-state index is 13.9. The second-order valence-electron chi connectivity index (χ2n) is 10.1. The van der Waals surface area contributed by atoms with Gasteiger partial charge in [0.05, 0.1) is 50.4 Å². The molecule has 8 nitrogen and oxygen atoms in total. The molecule has 6 rings (SSSR count). The fourth-order valence-corrected chi connectivity index (χ4v) is 6.93. The van der Waals surface area contributed by atoms with Gasteiger partial charge in [-0.05, 0) is 61.4 Å². The van der Waals surface area contributed by atoms with Gasteiger partial charge >= 0.3 is 6.09 Å². The molecule has 1 amide bonds. The molecule has 0 bridgehead atoms. The summed E-state index contributed by atoms with van der Waals surface area (Å²) >= 11 is 6.46. The van der Waals surface area contributed by atoms with Gasteiger partial charge in [-0.1, -0.05) is 48.0 Å². The second kappa shape index (κ2) is 12.1. The van der Waals surface area contributed by atoms with Crippen molar-refractivity contribution in [3.8, 4) is 17.1 Å². The van der Waals surface area contributed by atoms with Crippen LogP contribution >= 0.6 is 11.6 Å². The Morgan fingerprint density at radius 3 is 2.52 bits per heavy atom. The van der Waals surface area contributed by atoms with Crippen LogP contribution < -0.4 is 15.0 Å². The zero-order valence-corrected chi connectivity index (χ0v) is 24.3. The number of carbonyl (C=O) groups excluding carboxylic acids is 1. The molecule has 2 aliphatic rings. The van der Waals surface area contributed by atoms with Crippen molar-refractivity contribution in [1.29, 1.82) is 0 Å². The summed E-state index contributed by atoms with van der Waals surface area (Å²) in [6.07, 6.45) is 2.71. The number of hydrogen-bond donors (Lipinski definition) is 1. The van der Waals surface area contributed by atoms with Crippen LogP contribution in [0.3, 0.4) is 0 Å². The molecule has 1 unspecified atom stereocenters. The topological polar surface area (TPSA) is 93.7 Å². The normalized spacial score (nSPS) is 18.1. The summed E-state index contributed by atoms with van der Waals surface area (Å²) in [7, 11) is -1.41. The highest BCUT2D eigenvalue weighted by Gasteiger charge is 2.53. The van der Waals surface area contributed by atoms with Gasteiger partial charge in [-0.2, -0.15) is 0 Å². The number of benzene rings is 3. The summed E-state index contributed by atoms with van der Waals surface area (Å²) in [6, 6.07) is 25.2. The van der Waals surface area contributed by atoms with E-state index in [1.807, 2.05) is 48.5 Å². The maximum Gasteiger partial charge on any atom is 0.417 e. The molecule has 2 fully saturated rings. The van der Waals surface area contributed by atoms with E-state index in [0.717, 1.165) is 24.2 Å². The first-order chi connectivity index (χ1) is 20.5. The zero-order chi connectivity index (χ0) is 29.1. The summed E-state index contributed by atoms with van der Waals surface area (Å²) in [5.41, 5.74) is 2.03. The van der Waals surface area contributed by atoms with Crippen LogP contribution in [0.1, 0.15) is 18.5 Å². The van der Waals surface area contributed by atoms with Crippen LogP contribution in [0.25, 0.3) is 11.4 Å². The smallest absolute Gasteiger partial charge is 0.410 e. The highest BCUT2D eigenvalue weighted by molar-refractivity contribution is 7.86. The van der Waals surface area contributed by atoms with Crippen molar-refractivity contribution in [3.05, 3.63) is 108 Å². The van der Waals surface area contributed by atoms with E-state index < -0.39 is 21.6 Å². The largest absolute Gasteiger partial charge is 0.417 e. The average Bonchev–Trinajstić information content (AvgIpc) is 3.84. The third kappa shape index (κ3) is 5.81. The first-order valence-corrected chi connectivity index (χ1v) is 15.2. The molecule has 2 heterocycles. The Labute approximate surface area is 251 Å². The molecule has 42 heavy (non-hydrogen) atoms. The van der Waals surface area contributed by atoms with E-state index in [4.69, 9.17) is 31.0 Å². The van der Waals surface area contributed by atoms with Gasteiger partial charge in [0.1, 0.15) is 11.6 Å². The summed E-state index contributed by atoms with van der Waals surface area (Å²) < 4.78 is 24.3. The minimum atomic E-state index is -1.41. The molecule has 1 saturated heterocycles. The number of para-hydroxylation sites is 1. The summed E-state index contributed by atoms with van der Waals surface area (Å²) in [4.78, 5) is 25.0. The average molecular weight is 601 g/mol. The predicted molar refractivity (Wildman–Crippen MR) is 164 cm³/mol. The number of nitrogens with zero attached hydrogens (tertiary/aromatic N) is 3. The molecule has 10 heteroatoms. The lowest BCUT2D eigenvalue weighted by Gasteiger charge is -2.35. The number of halogens is 1. The Kier molecular flexibility index (Phi) is 8.06. The van der Waals surface area contributed by atoms with Gasteiger partial charge in [0.25, 0.3) is 0 Å². The molecule has 1 aliphatic heterocycles. The van der Waals surface area contributed by atoms with Crippen LogP contribution in [0, 0.1) is 0 Å². The van der Waals surface area contributed by atoms with Gasteiger partial charge < -0.3 is 14.4 Å². The highest BCUT2D eigenvalue weighted by atomic mass is 35.5. The number of anilines is 2. The molecule has 1 aliphatic carbocycles. The van der Waals surface area contributed by atoms with Gasteiger partial charge in [-0.15, -0.1) is 6.58 Å². The van der Waals surface area contributed by atoms with Crippen molar-refractivity contribution >= 4 is 40.0 Å². The fraction of sp³-hybridized carbons (Fsp3) is 0.219. The van der Waals surface area contributed by atoms with E-state index in [1.54, 1.807) is 42.5 Å². The predicted octanol–water partition coefficient (Wildman–Crippen LogP) is 6.60. The second-order valence-corrected chi connectivity index (χ2v) is 12.3. The Morgan fingerprint density at radius 1 is 1.07 bits per heavy atom. The van der Waals surface area contributed by atoms with E-state index in [2.05, 4.69) is 16.8 Å². The Balaban J connectivity index is 1.33. The number of nitrogens with one attached hydrogen (secondary N) is 1. The van der Waals surface area contributed by atoms with Crippen molar-refractivity contribution in [2.24, 2.45) is 0 Å². The Bertz CT molecular complexity index is 1630. The molecular formula is C32H29ClN4O4S. The van der Waals surface area contributed by atoms with Crippen molar-refractivity contribution in [2.45, 2.75) is 28.5 Å². The van der Waals surface area contributed by atoms with Crippen molar-refractivity contribution in [1.82, 2.24) is 9.97 Å². The molecule has 1 aromatic heterocycles. The number of carbonyl (C=O) groups is 1. The van der Waals surface area contributed by atoms with E-state index in [9.17, 15) is 9.00 Å². The first-order valence-electron chi connectivity index (χ1n) is 13.6. The van der Waals surface area contributed by atoms with Crippen molar-refractivity contribution < 1.29 is 18.5 Å². The minimum absolute atomic E-state index is 0.0548. The third-order valence-electron chi connectivity index (χ3n) is 7.35. The molecule has 2 atom stereocenters. The number of ether oxygens (including phenoxy) is 2. The molecule has 1 N–H and O–H groups in total.